The van der Waals surface area contributed by atoms with E-state index in [4.69, 9.17) is 5.41 Å². The van der Waals surface area contributed by atoms with Crippen molar-refractivity contribution in [2.24, 2.45) is 0 Å². The Balaban J connectivity index is 2.66. The number of aromatic nitrogens is 1. The Labute approximate surface area is 86.9 Å². The van der Waals surface area contributed by atoms with Gasteiger partial charge in [-0.05, 0) is 23.6 Å². The Morgan fingerprint density at radius 3 is 2.67 bits per heavy atom. The van der Waals surface area contributed by atoms with Gasteiger partial charge in [0.05, 0.1) is 0 Å². The van der Waals surface area contributed by atoms with Crippen molar-refractivity contribution in [2.45, 2.75) is 0 Å². The van der Waals surface area contributed by atoms with Crippen LogP contribution in [-0.4, -0.2) is 4.40 Å². The molecule has 0 aliphatic carbocycles. The van der Waals surface area contributed by atoms with Crippen LogP contribution in [-0.2, 0) is 0 Å². The van der Waals surface area contributed by atoms with E-state index >= 15 is 0 Å². The monoisotopic (exact) mass is 194 g/mol. The fourth-order valence-corrected chi connectivity index (χ4v) is 1.91. The number of hydrogen-bond acceptors (Lipinski definition) is 1. The number of pyridine rings is 2. The van der Waals surface area contributed by atoms with Crippen molar-refractivity contribution in [3.8, 4) is 0 Å². The second kappa shape index (κ2) is 2.95. The van der Waals surface area contributed by atoms with E-state index in [2.05, 4.69) is 6.07 Å². The van der Waals surface area contributed by atoms with Crippen LogP contribution in [0.2, 0.25) is 0 Å². The fraction of sp³-hybridized carbons (Fsp3) is 0. The highest BCUT2D eigenvalue weighted by Gasteiger charge is 1.98. The Bertz CT molecular complexity index is 638. The van der Waals surface area contributed by atoms with Crippen LogP contribution in [0.1, 0.15) is 0 Å². The minimum Gasteiger partial charge on any atom is -0.302 e. The summed E-state index contributed by atoms with van der Waals surface area (Å²) in [4.78, 5) is 0. The molecule has 1 aromatic carbocycles. The molecule has 2 aromatic heterocycles. The molecule has 0 aliphatic rings. The molecule has 3 aromatic rings. The van der Waals surface area contributed by atoms with Crippen molar-refractivity contribution in [3.63, 3.8) is 0 Å². The summed E-state index contributed by atoms with van der Waals surface area (Å²) < 4.78 is 1.89. The summed E-state index contributed by atoms with van der Waals surface area (Å²) >= 11 is 0. The maximum absolute atomic E-state index is 8.10. The van der Waals surface area contributed by atoms with Crippen LogP contribution in [0, 0.1) is 5.41 Å². The zero-order chi connectivity index (χ0) is 10.3. The maximum Gasteiger partial charge on any atom is 0.137 e. The van der Waals surface area contributed by atoms with Gasteiger partial charge in [0.25, 0.3) is 0 Å². The lowest BCUT2D eigenvalue weighted by atomic mass is 10.1. The quantitative estimate of drug-likeness (QED) is 0.533. The molecular weight excluding hydrogens is 184 g/mol. The first-order valence-corrected chi connectivity index (χ1v) is 4.90. The molecule has 3 rings (SSSR count). The Morgan fingerprint density at radius 2 is 1.73 bits per heavy atom. The molecule has 0 aliphatic heterocycles. The van der Waals surface area contributed by atoms with Gasteiger partial charge in [-0.15, -0.1) is 0 Å². The van der Waals surface area contributed by atoms with E-state index in [1.807, 2.05) is 53.1 Å². The number of nitrogens with one attached hydrogen (secondary N) is 1. The van der Waals surface area contributed by atoms with Crippen LogP contribution in [0.4, 0.5) is 0 Å². The van der Waals surface area contributed by atoms with Crippen LogP contribution in [0.25, 0.3) is 16.3 Å². The second-order valence-corrected chi connectivity index (χ2v) is 3.58. The molecule has 0 saturated heterocycles. The molecule has 0 unspecified atom stereocenters. The Kier molecular flexibility index (Phi) is 1.62. The van der Waals surface area contributed by atoms with E-state index in [0.29, 0.717) is 5.49 Å². The van der Waals surface area contributed by atoms with E-state index in [9.17, 15) is 0 Å². The average Bonchev–Trinajstić information content (AvgIpc) is 2.30. The van der Waals surface area contributed by atoms with Gasteiger partial charge in [0.15, 0.2) is 0 Å². The highest BCUT2D eigenvalue weighted by Crippen LogP contribution is 2.11. The predicted molar refractivity (Wildman–Crippen MR) is 60.8 cm³/mol. The van der Waals surface area contributed by atoms with Crippen molar-refractivity contribution < 1.29 is 0 Å². The molecule has 0 bridgehead atoms. The summed E-state index contributed by atoms with van der Waals surface area (Å²) in [5, 5.41) is 10.2. The lowest BCUT2D eigenvalue weighted by molar-refractivity contribution is 1.03. The molecule has 1 N–H and O–H groups in total. The first kappa shape index (κ1) is 8.24. The molecule has 0 atom stereocenters. The van der Waals surface area contributed by atoms with Crippen molar-refractivity contribution in [2.75, 3.05) is 0 Å². The zero-order valence-electron chi connectivity index (χ0n) is 8.14. The normalized spacial score (nSPS) is 10.9. The standard InChI is InChI=1S/C13H10N2/c14-13-12-7-2-1-5-10(12)9-11-6-3-4-8-15(11)13/h1-9,14H. The molecular formula is C13H10N2. The molecule has 2 nitrogen and oxygen atoms in total. The summed E-state index contributed by atoms with van der Waals surface area (Å²) in [5.74, 6) is 0. The van der Waals surface area contributed by atoms with E-state index in [1.165, 1.54) is 0 Å². The average molecular weight is 194 g/mol. The number of hydrogen-bond donors (Lipinski definition) is 1. The summed E-state index contributed by atoms with van der Waals surface area (Å²) in [6, 6.07) is 16.1. The summed E-state index contributed by atoms with van der Waals surface area (Å²) in [6.45, 7) is 0. The molecule has 0 saturated carbocycles. The molecule has 0 spiro atoms. The smallest absolute Gasteiger partial charge is 0.137 e. The van der Waals surface area contributed by atoms with Crippen LogP contribution in [0.5, 0.6) is 0 Å². The van der Waals surface area contributed by atoms with Gasteiger partial charge in [-0.25, -0.2) is 0 Å². The van der Waals surface area contributed by atoms with E-state index in [0.717, 1.165) is 16.3 Å². The second-order valence-electron chi connectivity index (χ2n) is 3.58. The van der Waals surface area contributed by atoms with Crippen molar-refractivity contribution in [1.82, 2.24) is 4.40 Å². The van der Waals surface area contributed by atoms with Crippen LogP contribution in [0.15, 0.2) is 54.7 Å². The summed E-state index contributed by atoms with van der Waals surface area (Å²) in [5.41, 5.74) is 1.60. The number of nitrogens with zero attached hydrogens (tertiary/aromatic N) is 1. The van der Waals surface area contributed by atoms with Gasteiger partial charge in [-0.1, -0.05) is 30.3 Å². The first-order valence-electron chi connectivity index (χ1n) is 4.90. The van der Waals surface area contributed by atoms with Crippen molar-refractivity contribution in [3.05, 3.63) is 60.2 Å². The SMILES string of the molecule is N=c1c2ccccc2cc2ccccn12. The van der Waals surface area contributed by atoms with Crippen LogP contribution >= 0.6 is 0 Å². The topological polar surface area (TPSA) is 28.3 Å². The third kappa shape index (κ3) is 1.15. The lowest BCUT2D eigenvalue weighted by Crippen LogP contribution is -2.13. The van der Waals surface area contributed by atoms with Crippen molar-refractivity contribution >= 4 is 16.3 Å². The van der Waals surface area contributed by atoms with Gasteiger partial charge >= 0.3 is 0 Å². The van der Waals surface area contributed by atoms with Crippen molar-refractivity contribution in [1.29, 1.82) is 5.41 Å². The fourth-order valence-electron chi connectivity index (χ4n) is 1.91. The van der Waals surface area contributed by atoms with E-state index < -0.39 is 0 Å². The maximum atomic E-state index is 8.10. The molecule has 0 amide bonds. The Morgan fingerprint density at radius 1 is 0.933 bits per heavy atom. The van der Waals surface area contributed by atoms with Gasteiger partial charge in [0, 0.05) is 17.1 Å². The van der Waals surface area contributed by atoms with E-state index in [1.54, 1.807) is 0 Å². The number of fused-ring (bicyclic) bond motifs is 2. The molecule has 15 heavy (non-hydrogen) atoms. The summed E-state index contributed by atoms with van der Waals surface area (Å²) in [6.07, 6.45) is 1.92. The Hall–Kier alpha value is -2.09. The predicted octanol–water partition coefficient (Wildman–Crippen LogP) is 2.57. The molecule has 2 heterocycles. The summed E-state index contributed by atoms with van der Waals surface area (Å²) in [7, 11) is 0. The third-order valence-electron chi connectivity index (χ3n) is 2.65. The van der Waals surface area contributed by atoms with Crippen LogP contribution in [0.3, 0.4) is 0 Å². The largest absolute Gasteiger partial charge is 0.302 e. The molecule has 72 valence electrons. The lowest BCUT2D eigenvalue weighted by Gasteiger charge is -2.04. The molecule has 2 heteroatoms. The van der Waals surface area contributed by atoms with E-state index in [-0.39, 0.29) is 0 Å². The molecule has 0 radical (unpaired) electrons. The highest BCUT2D eigenvalue weighted by atomic mass is 14.9. The number of benzene rings is 1. The van der Waals surface area contributed by atoms with Gasteiger partial charge in [-0.3, -0.25) is 5.41 Å². The first-order chi connectivity index (χ1) is 7.36. The van der Waals surface area contributed by atoms with Gasteiger partial charge in [0.1, 0.15) is 5.49 Å². The molecule has 0 fully saturated rings. The van der Waals surface area contributed by atoms with Gasteiger partial charge < -0.3 is 4.40 Å². The highest BCUT2D eigenvalue weighted by molar-refractivity contribution is 5.84. The minimum atomic E-state index is 0.545. The number of rotatable bonds is 0. The third-order valence-corrected chi connectivity index (χ3v) is 2.65. The zero-order valence-corrected chi connectivity index (χ0v) is 8.14. The minimum absolute atomic E-state index is 0.545. The van der Waals surface area contributed by atoms with Gasteiger partial charge in [-0.2, -0.15) is 0 Å². The van der Waals surface area contributed by atoms with Crippen LogP contribution < -0.4 is 5.49 Å². The van der Waals surface area contributed by atoms with Gasteiger partial charge in [0.2, 0.25) is 0 Å².